The lowest BCUT2D eigenvalue weighted by molar-refractivity contribution is -0.118. The zero-order chi connectivity index (χ0) is 23.8. The summed E-state index contributed by atoms with van der Waals surface area (Å²) in [6.45, 7) is 5.02. The molecule has 1 aliphatic rings. The van der Waals surface area contributed by atoms with E-state index in [1.807, 2.05) is 49.4 Å². The summed E-state index contributed by atoms with van der Waals surface area (Å²) in [4.78, 5) is 12.0. The molecule has 0 aliphatic carbocycles. The zero-order valence-electron chi connectivity index (χ0n) is 19.8. The predicted octanol–water partition coefficient (Wildman–Crippen LogP) is 5.16. The van der Waals surface area contributed by atoms with Gasteiger partial charge in [-0.25, -0.2) is 8.51 Å². The van der Waals surface area contributed by atoms with Crippen molar-refractivity contribution in [3.8, 4) is 5.75 Å². The van der Waals surface area contributed by atoms with E-state index in [0.717, 1.165) is 47.3 Å². The van der Waals surface area contributed by atoms with Crippen LogP contribution >= 0.6 is 0 Å². The first-order valence-corrected chi connectivity index (χ1v) is 12.6. The van der Waals surface area contributed by atoms with E-state index in [-0.39, 0.29) is 18.4 Å². The molecule has 6 heteroatoms. The standard InChI is InChI=1S/C17H22N2O2S.C10H12O/c1-3-6-15(12-17(18)20)19(2)22(21)16-10-9-13-7-4-5-8-14(13)11-16;1-8-4-5-9-3-2-6-11-10(9)7-8/h4-5,7-11,15H,3,6,12H2,1-2H3,(H2,18,20);4-5,7H,2-3,6H2,1H3. The minimum atomic E-state index is -1.31. The quantitative estimate of drug-likeness (QED) is 0.523. The van der Waals surface area contributed by atoms with Crippen molar-refractivity contribution in [1.82, 2.24) is 4.31 Å². The van der Waals surface area contributed by atoms with Crippen LogP contribution in [0.2, 0.25) is 0 Å². The van der Waals surface area contributed by atoms with Crippen molar-refractivity contribution in [2.24, 2.45) is 5.73 Å². The van der Waals surface area contributed by atoms with Crippen molar-refractivity contribution in [3.63, 3.8) is 0 Å². The topological polar surface area (TPSA) is 72.6 Å². The van der Waals surface area contributed by atoms with Gasteiger partial charge in [-0.15, -0.1) is 0 Å². The van der Waals surface area contributed by atoms with Gasteiger partial charge >= 0.3 is 0 Å². The Labute approximate surface area is 199 Å². The Morgan fingerprint density at radius 1 is 1.12 bits per heavy atom. The number of hydrogen-bond acceptors (Lipinski definition) is 3. The first kappa shape index (κ1) is 24.9. The van der Waals surface area contributed by atoms with Crippen LogP contribution in [0.15, 0.2) is 65.6 Å². The third kappa shape index (κ3) is 6.89. The number of hydrogen-bond donors (Lipinski definition) is 1. The van der Waals surface area contributed by atoms with Crippen molar-refractivity contribution >= 4 is 27.7 Å². The second kappa shape index (κ2) is 12.0. The average molecular weight is 467 g/mol. The summed E-state index contributed by atoms with van der Waals surface area (Å²) in [5, 5.41) is 2.18. The number of benzene rings is 3. The Morgan fingerprint density at radius 3 is 2.61 bits per heavy atom. The number of rotatable bonds is 7. The monoisotopic (exact) mass is 466 g/mol. The minimum absolute atomic E-state index is 0.102. The molecule has 2 unspecified atom stereocenters. The third-order valence-corrected chi connectivity index (χ3v) is 7.31. The molecule has 3 aromatic rings. The van der Waals surface area contributed by atoms with E-state index in [2.05, 4.69) is 25.1 Å². The number of nitrogens with two attached hydrogens (primary N) is 1. The fourth-order valence-electron chi connectivity index (χ4n) is 4.00. The summed E-state index contributed by atoms with van der Waals surface area (Å²) >= 11 is 0. The highest BCUT2D eigenvalue weighted by molar-refractivity contribution is 7.82. The van der Waals surface area contributed by atoms with Gasteiger partial charge in [0.05, 0.1) is 11.5 Å². The molecule has 0 bridgehead atoms. The van der Waals surface area contributed by atoms with Crippen LogP contribution in [-0.2, 0) is 22.2 Å². The molecule has 5 nitrogen and oxygen atoms in total. The Bertz CT molecular complexity index is 1120. The number of fused-ring (bicyclic) bond motifs is 2. The van der Waals surface area contributed by atoms with Crippen LogP contribution in [-0.4, -0.2) is 34.1 Å². The molecule has 0 spiro atoms. The molecular weight excluding hydrogens is 432 g/mol. The molecule has 0 fully saturated rings. The van der Waals surface area contributed by atoms with Gasteiger partial charge in [0.15, 0.2) is 0 Å². The molecule has 1 amide bonds. The summed E-state index contributed by atoms with van der Waals surface area (Å²) in [7, 11) is 0.480. The molecule has 176 valence electrons. The first-order valence-electron chi connectivity index (χ1n) is 11.5. The molecule has 2 atom stereocenters. The van der Waals surface area contributed by atoms with Gasteiger partial charge in [0.25, 0.3) is 0 Å². The molecule has 2 N–H and O–H groups in total. The van der Waals surface area contributed by atoms with Gasteiger partial charge in [0.2, 0.25) is 5.91 Å². The van der Waals surface area contributed by atoms with Crippen LogP contribution in [0, 0.1) is 6.92 Å². The number of primary amides is 1. The SMILES string of the molecule is CCCC(CC(N)=O)N(C)S(=O)c1ccc2ccccc2c1.Cc1ccc2c(c1)OCCC2. The molecule has 0 radical (unpaired) electrons. The average Bonchev–Trinajstić information content (AvgIpc) is 2.82. The maximum atomic E-state index is 12.8. The minimum Gasteiger partial charge on any atom is -0.493 e. The molecule has 1 heterocycles. The van der Waals surface area contributed by atoms with E-state index in [1.165, 1.54) is 17.5 Å². The molecule has 0 saturated heterocycles. The summed E-state index contributed by atoms with van der Waals surface area (Å²) < 4.78 is 20.0. The molecule has 1 aliphatic heterocycles. The molecule has 0 saturated carbocycles. The van der Waals surface area contributed by atoms with E-state index in [0.29, 0.717) is 0 Å². The van der Waals surface area contributed by atoms with Crippen LogP contribution in [0.1, 0.15) is 43.7 Å². The summed E-state index contributed by atoms with van der Waals surface area (Å²) in [5.74, 6) is 0.733. The van der Waals surface area contributed by atoms with Gasteiger partial charge < -0.3 is 10.5 Å². The Kier molecular flexibility index (Phi) is 9.03. The predicted molar refractivity (Wildman–Crippen MR) is 136 cm³/mol. The van der Waals surface area contributed by atoms with E-state index >= 15 is 0 Å². The smallest absolute Gasteiger partial charge is 0.219 e. The Hall–Kier alpha value is -2.70. The van der Waals surface area contributed by atoms with Gasteiger partial charge in [-0.05, 0) is 66.3 Å². The van der Waals surface area contributed by atoms with Crippen molar-refractivity contribution in [2.45, 2.75) is 56.9 Å². The van der Waals surface area contributed by atoms with Crippen molar-refractivity contribution in [2.75, 3.05) is 13.7 Å². The molecule has 0 aromatic heterocycles. The number of nitrogens with zero attached hydrogens (tertiary/aromatic N) is 1. The van der Waals surface area contributed by atoms with Crippen LogP contribution in [0.5, 0.6) is 5.75 Å². The van der Waals surface area contributed by atoms with Gasteiger partial charge in [-0.1, -0.05) is 55.8 Å². The second-order valence-corrected chi connectivity index (χ2v) is 10.0. The van der Waals surface area contributed by atoms with Gasteiger partial charge in [0, 0.05) is 19.5 Å². The maximum absolute atomic E-state index is 12.8. The number of amides is 1. The molecule has 3 aromatic carbocycles. The number of carbonyl (C=O) groups is 1. The van der Waals surface area contributed by atoms with E-state index in [4.69, 9.17) is 10.5 Å². The molecule has 4 rings (SSSR count). The third-order valence-electron chi connectivity index (χ3n) is 5.83. The highest BCUT2D eigenvalue weighted by atomic mass is 32.2. The number of aryl methyl sites for hydroxylation is 2. The zero-order valence-corrected chi connectivity index (χ0v) is 20.6. The van der Waals surface area contributed by atoms with Crippen LogP contribution in [0.3, 0.4) is 0 Å². The second-order valence-electron chi connectivity index (χ2n) is 8.48. The summed E-state index contributed by atoms with van der Waals surface area (Å²) in [6, 6.07) is 20.1. The van der Waals surface area contributed by atoms with Crippen LogP contribution < -0.4 is 10.5 Å². The lowest BCUT2D eigenvalue weighted by Gasteiger charge is -2.25. The lowest BCUT2D eigenvalue weighted by Crippen LogP contribution is -2.36. The summed E-state index contributed by atoms with van der Waals surface area (Å²) in [6.07, 6.45) is 4.27. The van der Waals surface area contributed by atoms with Crippen molar-refractivity contribution in [3.05, 3.63) is 71.8 Å². The number of carbonyl (C=O) groups excluding carboxylic acids is 1. The van der Waals surface area contributed by atoms with Gasteiger partial charge in [-0.3, -0.25) is 4.79 Å². The van der Waals surface area contributed by atoms with Gasteiger partial charge in [-0.2, -0.15) is 0 Å². The highest BCUT2D eigenvalue weighted by Crippen LogP contribution is 2.25. The fraction of sp³-hybridized carbons (Fsp3) is 0.370. The Morgan fingerprint density at radius 2 is 1.88 bits per heavy atom. The van der Waals surface area contributed by atoms with Gasteiger partial charge in [0.1, 0.15) is 16.7 Å². The summed E-state index contributed by atoms with van der Waals surface area (Å²) in [5.41, 5.74) is 7.96. The molecular formula is C27H34N2O3S. The van der Waals surface area contributed by atoms with E-state index in [1.54, 1.807) is 11.4 Å². The first-order chi connectivity index (χ1) is 15.9. The lowest BCUT2D eigenvalue weighted by atomic mass is 10.0. The maximum Gasteiger partial charge on any atom is 0.219 e. The van der Waals surface area contributed by atoms with Crippen molar-refractivity contribution in [1.29, 1.82) is 0 Å². The van der Waals surface area contributed by atoms with E-state index in [9.17, 15) is 9.00 Å². The van der Waals surface area contributed by atoms with Crippen molar-refractivity contribution < 1.29 is 13.7 Å². The van der Waals surface area contributed by atoms with E-state index < -0.39 is 11.0 Å². The highest BCUT2D eigenvalue weighted by Gasteiger charge is 2.22. The van der Waals surface area contributed by atoms with Crippen LogP contribution in [0.25, 0.3) is 10.8 Å². The Balaban J connectivity index is 0.000000231. The fourth-order valence-corrected chi connectivity index (χ4v) is 5.20. The number of ether oxygens (including phenoxy) is 1. The largest absolute Gasteiger partial charge is 0.493 e. The normalized spacial score (nSPS) is 14.5. The van der Waals surface area contributed by atoms with Crippen LogP contribution in [0.4, 0.5) is 0 Å². The molecule has 33 heavy (non-hydrogen) atoms.